The standard InChI is InChI=1S/C17H16N4OS2/c1-2-18-17(23)21-20-16(22)12-10-14(15-8-5-9-24-15)19-13-7-4-3-6-11(12)13/h3-10H,2H2,1H3,(H,20,22)(H2,18,21,23). The molecule has 0 aliphatic rings. The predicted octanol–water partition coefficient (Wildman–Crippen LogP) is 3.09. The maximum absolute atomic E-state index is 12.6. The number of pyridine rings is 1. The molecule has 5 nitrogen and oxygen atoms in total. The summed E-state index contributed by atoms with van der Waals surface area (Å²) in [6.07, 6.45) is 0. The average molecular weight is 356 g/mol. The first-order chi connectivity index (χ1) is 11.7. The number of carbonyl (C=O) groups is 1. The number of nitrogens with zero attached hydrogens (tertiary/aromatic N) is 1. The van der Waals surface area contributed by atoms with Gasteiger partial charge < -0.3 is 5.32 Å². The van der Waals surface area contributed by atoms with Gasteiger partial charge in [-0.3, -0.25) is 15.6 Å². The quantitative estimate of drug-likeness (QED) is 0.497. The Kier molecular flexibility index (Phi) is 5.02. The third-order valence-electron chi connectivity index (χ3n) is 3.36. The van der Waals surface area contributed by atoms with Crippen LogP contribution in [0.4, 0.5) is 0 Å². The van der Waals surface area contributed by atoms with Crippen molar-refractivity contribution in [1.29, 1.82) is 0 Å². The van der Waals surface area contributed by atoms with Crippen molar-refractivity contribution in [2.45, 2.75) is 6.92 Å². The second-order valence-electron chi connectivity index (χ2n) is 4.99. The SMILES string of the molecule is CCNC(=S)NNC(=O)c1cc(-c2cccs2)nc2ccccc12. The van der Waals surface area contributed by atoms with E-state index in [1.165, 1.54) is 0 Å². The summed E-state index contributed by atoms with van der Waals surface area (Å²) in [4.78, 5) is 18.3. The normalized spacial score (nSPS) is 10.4. The first-order valence-electron chi connectivity index (χ1n) is 7.47. The highest BCUT2D eigenvalue weighted by Crippen LogP contribution is 2.27. The lowest BCUT2D eigenvalue weighted by molar-refractivity contribution is 0.0945. The summed E-state index contributed by atoms with van der Waals surface area (Å²) < 4.78 is 0. The highest BCUT2D eigenvalue weighted by molar-refractivity contribution is 7.80. The van der Waals surface area contributed by atoms with Crippen molar-refractivity contribution < 1.29 is 4.79 Å². The topological polar surface area (TPSA) is 66.0 Å². The highest BCUT2D eigenvalue weighted by atomic mass is 32.1. The lowest BCUT2D eigenvalue weighted by Crippen LogP contribution is -2.46. The molecule has 2 heterocycles. The Balaban J connectivity index is 1.96. The molecule has 0 saturated heterocycles. The maximum Gasteiger partial charge on any atom is 0.270 e. The number of hydrogen-bond acceptors (Lipinski definition) is 4. The zero-order valence-electron chi connectivity index (χ0n) is 13.0. The minimum absolute atomic E-state index is 0.258. The van der Waals surface area contributed by atoms with Crippen LogP contribution in [-0.2, 0) is 0 Å². The van der Waals surface area contributed by atoms with Crippen molar-refractivity contribution in [2.75, 3.05) is 6.54 Å². The van der Waals surface area contributed by atoms with Gasteiger partial charge in [0.1, 0.15) is 0 Å². The van der Waals surface area contributed by atoms with Gasteiger partial charge in [0.05, 0.1) is 21.7 Å². The minimum Gasteiger partial charge on any atom is -0.362 e. The summed E-state index contributed by atoms with van der Waals surface area (Å²) >= 11 is 6.65. The van der Waals surface area contributed by atoms with Crippen LogP contribution >= 0.6 is 23.6 Å². The van der Waals surface area contributed by atoms with Gasteiger partial charge in [0.2, 0.25) is 0 Å². The van der Waals surface area contributed by atoms with Crippen molar-refractivity contribution in [1.82, 2.24) is 21.2 Å². The number of fused-ring (bicyclic) bond motifs is 1. The zero-order valence-corrected chi connectivity index (χ0v) is 14.6. The number of nitrogens with one attached hydrogen (secondary N) is 3. The van der Waals surface area contributed by atoms with E-state index < -0.39 is 0 Å². The van der Waals surface area contributed by atoms with E-state index in [2.05, 4.69) is 21.2 Å². The van der Waals surface area contributed by atoms with Crippen LogP contribution in [0.5, 0.6) is 0 Å². The Morgan fingerprint density at radius 2 is 2.04 bits per heavy atom. The summed E-state index contributed by atoms with van der Waals surface area (Å²) in [6, 6.07) is 13.4. The monoisotopic (exact) mass is 356 g/mol. The van der Waals surface area contributed by atoms with Gasteiger partial charge >= 0.3 is 0 Å². The molecule has 0 aliphatic carbocycles. The number of para-hydroxylation sites is 1. The molecule has 122 valence electrons. The number of thiocarbonyl (C=S) groups is 1. The third kappa shape index (κ3) is 3.52. The zero-order chi connectivity index (χ0) is 16.9. The first kappa shape index (κ1) is 16.4. The summed E-state index contributed by atoms with van der Waals surface area (Å²) in [5.41, 5.74) is 7.45. The largest absolute Gasteiger partial charge is 0.362 e. The molecule has 3 N–H and O–H groups in total. The van der Waals surface area contributed by atoms with Crippen LogP contribution in [0.1, 0.15) is 17.3 Å². The van der Waals surface area contributed by atoms with Gasteiger partial charge in [0, 0.05) is 11.9 Å². The highest BCUT2D eigenvalue weighted by Gasteiger charge is 2.14. The van der Waals surface area contributed by atoms with Crippen molar-refractivity contribution in [3.63, 3.8) is 0 Å². The van der Waals surface area contributed by atoms with Crippen LogP contribution in [0, 0.1) is 0 Å². The summed E-state index contributed by atoms with van der Waals surface area (Å²) in [5, 5.41) is 6.08. The molecule has 24 heavy (non-hydrogen) atoms. The molecule has 1 amide bonds. The number of hydrazine groups is 1. The lowest BCUT2D eigenvalue weighted by atomic mass is 10.1. The van der Waals surface area contributed by atoms with Crippen molar-refractivity contribution in [2.24, 2.45) is 0 Å². The van der Waals surface area contributed by atoms with Crippen molar-refractivity contribution in [3.8, 4) is 10.6 Å². The summed E-state index contributed by atoms with van der Waals surface area (Å²) in [6.45, 7) is 2.61. The predicted molar refractivity (Wildman–Crippen MR) is 102 cm³/mol. The van der Waals surface area contributed by atoms with E-state index in [-0.39, 0.29) is 5.91 Å². The fourth-order valence-electron chi connectivity index (χ4n) is 2.30. The van der Waals surface area contributed by atoms with E-state index in [1.807, 2.05) is 54.8 Å². The molecule has 2 aromatic heterocycles. The van der Waals surface area contributed by atoms with Gasteiger partial charge in [0.15, 0.2) is 5.11 Å². The molecule has 0 bridgehead atoms. The van der Waals surface area contributed by atoms with E-state index in [0.717, 1.165) is 21.5 Å². The molecule has 0 radical (unpaired) electrons. The van der Waals surface area contributed by atoms with Gasteiger partial charge in [0.25, 0.3) is 5.91 Å². The number of hydrogen-bond donors (Lipinski definition) is 3. The molecular formula is C17H16N4OS2. The molecular weight excluding hydrogens is 340 g/mol. The molecule has 0 saturated carbocycles. The van der Waals surface area contributed by atoms with Crippen LogP contribution in [-0.4, -0.2) is 22.5 Å². The number of rotatable bonds is 3. The second kappa shape index (κ2) is 7.37. The third-order valence-corrected chi connectivity index (χ3v) is 4.50. The van der Waals surface area contributed by atoms with E-state index in [1.54, 1.807) is 11.3 Å². The molecule has 0 atom stereocenters. The number of thiophene rings is 1. The average Bonchev–Trinajstić information content (AvgIpc) is 3.13. The van der Waals surface area contributed by atoms with Gasteiger partial charge in [-0.15, -0.1) is 11.3 Å². The Morgan fingerprint density at radius 1 is 1.21 bits per heavy atom. The number of benzene rings is 1. The Labute approximate surface area is 149 Å². The van der Waals surface area contributed by atoms with Crippen molar-refractivity contribution >= 4 is 45.5 Å². The molecule has 7 heteroatoms. The van der Waals surface area contributed by atoms with Crippen LogP contribution < -0.4 is 16.2 Å². The molecule has 3 aromatic rings. The minimum atomic E-state index is -0.258. The van der Waals surface area contributed by atoms with Crippen LogP contribution in [0.25, 0.3) is 21.5 Å². The van der Waals surface area contributed by atoms with Gasteiger partial charge in [-0.2, -0.15) is 0 Å². The number of aromatic nitrogens is 1. The molecule has 3 rings (SSSR count). The Hall–Kier alpha value is -2.51. The fourth-order valence-corrected chi connectivity index (χ4v) is 3.18. The molecule has 1 aromatic carbocycles. The first-order valence-corrected chi connectivity index (χ1v) is 8.75. The number of amides is 1. The number of carbonyl (C=O) groups excluding carboxylic acids is 1. The maximum atomic E-state index is 12.6. The molecule has 0 aliphatic heterocycles. The Bertz CT molecular complexity index is 877. The van der Waals surface area contributed by atoms with Crippen LogP contribution in [0.3, 0.4) is 0 Å². The van der Waals surface area contributed by atoms with Crippen LogP contribution in [0.2, 0.25) is 0 Å². The Morgan fingerprint density at radius 3 is 2.79 bits per heavy atom. The second-order valence-corrected chi connectivity index (χ2v) is 6.34. The van der Waals surface area contributed by atoms with E-state index in [9.17, 15) is 4.79 Å². The van der Waals surface area contributed by atoms with E-state index in [4.69, 9.17) is 12.2 Å². The van der Waals surface area contributed by atoms with E-state index >= 15 is 0 Å². The van der Waals surface area contributed by atoms with E-state index in [0.29, 0.717) is 17.2 Å². The van der Waals surface area contributed by atoms with Crippen molar-refractivity contribution in [3.05, 3.63) is 53.4 Å². The summed E-state index contributed by atoms with van der Waals surface area (Å²) in [7, 11) is 0. The summed E-state index contributed by atoms with van der Waals surface area (Å²) in [5.74, 6) is -0.258. The molecule has 0 fully saturated rings. The smallest absolute Gasteiger partial charge is 0.270 e. The van der Waals surface area contributed by atoms with Gasteiger partial charge in [-0.1, -0.05) is 24.3 Å². The van der Waals surface area contributed by atoms with Gasteiger partial charge in [-0.25, -0.2) is 4.98 Å². The van der Waals surface area contributed by atoms with Crippen LogP contribution in [0.15, 0.2) is 47.8 Å². The molecule has 0 spiro atoms. The fraction of sp³-hybridized carbons (Fsp3) is 0.118. The van der Waals surface area contributed by atoms with Gasteiger partial charge in [-0.05, 0) is 42.7 Å². The lowest BCUT2D eigenvalue weighted by Gasteiger charge is -2.12. The molecule has 0 unspecified atom stereocenters.